The third-order valence-corrected chi connectivity index (χ3v) is 6.98. The summed E-state index contributed by atoms with van der Waals surface area (Å²) >= 11 is 5.95. The number of carboxylic acids is 1. The number of anilines is 1. The summed E-state index contributed by atoms with van der Waals surface area (Å²) < 4.78 is 23.1. The Labute approximate surface area is 210 Å². The molecule has 0 aliphatic carbocycles. The summed E-state index contributed by atoms with van der Waals surface area (Å²) in [5, 5.41) is 23.0. The number of carboxylic acid groups (broad SMARTS) is 1. The molecule has 1 saturated heterocycles. The summed E-state index contributed by atoms with van der Waals surface area (Å²) in [6.45, 7) is 4.58. The molecule has 0 amide bonds. The van der Waals surface area contributed by atoms with Crippen molar-refractivity contribution in [1.29, 1.82) is 0 Å². The predicted molar refractivity (Wildman–Crippen MR) is 134 cm³/mol. The highest BCUT2D eigenvalue weighted by Gasteiger charge is 2.31. The van der Waals surface area contributed by atoms with E-state index >= 15 is 4.39 Å². The van der Waals surface area contributed by atoms with Gasteiger partial charge in [-0.05, 0) is 25.1 Å². The molecule has 188 valence electrons. The van der Waals surface area contributed by atoms with E-state index in [1.54, 1.807) is 28.8 Å². The lowest BCUT2D eigenvalue weighted by molar-refractivity contribution is 0.0694. The van der Waals surface area contributed by atoms with Gasteiger partial charge in [-0.3, -0.25) is 9.69 Å². The van der Waals surface area contributed by atoms with Crippen LogP contribution in [0.2, 0.25) is 5.02 Å². The van der Waals surface area contributed by atoms with Crippen molar-refractivity contribution in [1.82, 2.24) is 9.47 Å². The number of carbonyl (C=O) groups is 1. The minimum absolute atomic E-state index is 0.0110. The first kappa shape index (κ1) is 24.1. The number of hydrogen-bond acceptors (Lipinski definition) is 7. The second-order valence-electron chi connectivity index (χ2n) is 8.99. The number of rotatable bonds is 5. The SMILES string of the molecule is C[C@H]1COc2c(N3CCN(C/C(=N\O)c4ccc(Cl)cc4)CC3)c(F)cc3c(=O)c(C(=O)O)cn1c23. The van der Waals surface area contributed by atoms with E-state index in [1.165, 1.54) is 6.20 Å². The monoisotopic (exact) mass is 514 g/mol. The topological polar surface area (TPSA) is 108 Å². The quantitative estimate of drug-likeness (QED) is 0.305. The zero-order valence-electron chi connectivity index (χ0n) is 19.4. The molecule has 36 heavy (non-hydrogen) atoms. The van der Waals surface area contributed by atoms with Crippen molar-refractivity contribution in [2.75, 3.05) is 44.2 Å². The highest BCUT2D eigenvalue weighted by Crippen LogP contribution is 2.42. The number of aromatic nitrogens is 1. The van der Waals surface area contributed by atoms with E-state index in [4.69, 9.17) is 16.3 Å². The summed E-state index contributed by atoms with van der Waals surface area (Å²) in [4.78, 5) is 28.4. The molecule has 1 aromatic heterocycles. The molecule has 11 heteroatoms. The molecule has 2 aliphatic heterocycles. The molecular formula is C25H24ClFN4O5. The zero-order valence-corrected chi connectivity index (χ0v) is 20.2. The fourth-order valence-corrected chi connectivity index (χ4v) is 4.95. The first-order valence-corrected chi connectivity index (χ1v) is 11.9. The van der Waals surface area contributed by atoms with Gasteiger partial charge in [0.05, 0.1) is 16.9 Å². The van der Waals surface area contributed by atoms with Crippen molar-refractivity contribution in [3.63, 3.8) is 0 Å². The van der Waals surface area contributed by atoms with Gasteiger partial charge in [-0.25, -0.2) is 9.18 Å². The molecule has 0 unspecified atom stereocenters. The maximum atomic E-state index is 15.4. The molecule has 2 N–H and O–H groups in total. The van der Waals surface area contributed by atoms with Crippen LogP contribution in [0.1, 0.15) is 28.9 Å². The third-order valence-electron chi connectivity index (χ3n) is 6.73. The molecule has 2 aromatic carbocycles. The number of hydrogen-bond donors (Lipinski definition) is 2. The summed E-state index contributed by atoms with van der Waals surface area (Å²) in [5.74, 6) is -1.73. The number of nitrogens with zero attached hydrogens (tertiary/aromatic N) is 4. The van der Waals surface area contributed by atoms with E-state index in [2.05, 4.69) is 10.1 Å². The van der Waals surface area contributed by atoms with Crippen molar-refractivity contribution in [2.45, 2.75) is 13.0 Å². The largest absolute Gasteiger partial charge is 0.487 e. The molecule has 3 heterocycles. The fraction of sp³-hybridized carbons (Fsp3) is 0.320. The van der Waals surface area contributed by atoms with Crippen molar-refractivity contribution in [3.8, 4) is 5.75 Å². The van der Waals surface area contributed by atoms with Gasteiger partial charge in [0.25, 0.3) is 0 Å². The molecule has 9 nitrogen and oxygen atoms in total. The second-order valence-corrected chi connectivity index (χ2v) is 9.43. The van der Waals surface area contributed by atoms with Gasteiger partial charge in [0, 0.05) is 49.5 Å². The Morgan fingerprint density at radius 3 is 2.56 bits per heavy atom. The summed E-state index contributed by atoms with van der Waals surface area (Å²) in [5.41, 5.74) is 0.795. The fourth-order valence-electron chi connectivity index (χ4n) is 4.82. The molecule has 0 spiro atoms. The molecule has 1 fully saturated rings. The van der Waals surface area contributed by atoms with E-state index in [0.29, 0.717) is 49.0 Å². The molecule has 0 radical (unpaired) electrons. The maximum absolute atomic E-state index is 15.4. The van der Waals surface area contributed by atoms with Gasteiger partial charge in [0.2, 0.25) is 5.43 Å². The molecule has 0 saturated carbocycles. The van der Waals surface area contributed by atoms with Gasteiger partial charge in [0.15, 0.2) is 11.6 Å². The average molecular weight is 515 g/mol. The van der Waals surface area contributed by atoms with E-state index in [0.717, 1.165) is 11.6 Å². The lowest BCUT2D eigenvalue weighted by Crippen LogP contribution is -2.48. The van der Waals surface area contributed by atoms with Crippen LogP contribution in [0.25, 0.3) is 10.9 Å². The number of pyridine rings is 1. The first-order valence-electron chi connectivity index (χ1n) is 11.5. The number of ether oxygens (including phenoxy) is 1. The van der Waals surface area contributed by atoms with E-state index in [9.17, 15) is 19.9 Å². The molecule has 1 atom stereocenters. The predicted octanol–water partition coefficient (Wildman–Crippen LogP) is 3.45. The van der Waals surface area contributed by atoms with Gasteiger partial charge in [0.1, 0.15) is 23.6 Å². The van der Waals surface area contributed by atoms with Gasteiger partial charge < -0.3 is 24.5 Å². The highest BCUT2D eigenvalue weighted by molar-refractivity contribution is 6.30. The second kappa shape index (κ2) is 9.44. The van der Waals surface area contributed by atoms with Crippen LogP contribution >= 0.6 is 11.6 Å². The lowest BCUT2D eigenvalue weighted by Gasteiger charge is -2.38. The van der Waals surface area contributed by atoms with Gasteiger partial charge in [-0.1, -0.05) is 28.9 Å². The maximum Gasteiger partial charge on any atom is 0.341 e. The number of aromatic carboxylic acids is 1. The normalized spacial score (nSPS) is 18.4. The van der Waals surface area contributed by atoms with Gasteiger partial charge in [-0.2, -0.15) is 0 Å². The minimum Gasteiger partial charge on any atom is -0.487 e. The van der Waals surface area contributed by atoms with Crippen molar-refractivity contribution in [2.24, 2.45) is 5.16 Å². The van der Waals surface area contributed by atoms with Crippen LogP contribution in [0.15, 0.2) is 46.5 Å². The van der Waals surface area contributed by atoms with Crippen LogP contribution in [-0.2, 0) is 0 Å². The van der Waals surface area contributed by atoms with Crippen LogP contribution in [0.3, 0.4) is 0 Å². The van der Waals surface area contributed by atoms with Crippen LogP contribution in [0, 0.1) is 5.82 Å². The first-order chi connectivity index (χ1) is 17.3. The van der Waals surface area contributed by atoms with Gasteiger partial charge in [-0.15, -0.1) is 0 Å². The van der Waals surface area contributed by atoms with E-state index in [-0.39, 0.29) is 29.5 Å². The van der Waals surface area contributed by atoms with Crippen LogP contribution < -0.4 is 15.1 Å². The Morgan fingerprint density at radius 1 is 1.22 bits per heavy atom. The number of benzene rings is 2. The Bertz CT molecular complexity index is 1430. The summed E-state index contributed by atoms with van der Waals surface area (Å²) in [6.07, 6.45) is 1.32. The molecule has 3 aromatic rings. The number of oxime groups is 1. The van der Waals surface area contributed by atoms with Crippen molar-refractivity contribution < 1.29 is 24.2 Å². The standard InChI is InChI=1S/C25H24ClFN4O5/c1-14-13-36-24-21-17(23(32)18(25(33)34)11-31(14)21)10-19(27)22(24)30-8-6-29(7-9-30)12-20(28-35)15-2-4-16(26)5-3-15/h2-5,10-11,14,35H,6-9,12-13H2,1H3,(H,33,34)/b28-20+/t14-/m0/s1. The highest BCUT2D eigenvalue weighted by atomic mass is 35.5. The summed E-state index contributed by atoms with van der Waals surface area (Å²) in [6, 6.07) is 7.93. The average Bonchev–Trinajstić information content (AvgIpc) is 2.86. The molecule has 5 rings (SSSR count). The minimum atomic E-state index is -1.35. The van der Waals surface area contributed by atoms with Crippen molar-refractivity contribution in [3.05, 3.63) is 68.7 Å². The Hall–Kier alpha value is -3.63. The van der Waals surface area contributed by atoms with E-state index in [1.807, 2.05) is 11.8 Å². The molecular weight excluding hydrogens is 491 g/mol. The van der Waals surface area contributed by atoms with E-state index < -0.39 is 22.8 Å². The van der Waals surface area contributed by atoms with Crippen LogP contribution in [0.4, 0.5) is 10.1 Å². The Balaban J connectivity index is 1.43. The third kappa shape index (κ3) is 4.16. The molecule has 0 bridgehead atoms. The van der Waals surface area contributed by atoms with Crippen LogP contribution in [-0.4, -0.2) is 70.8 Å². The zero-order chi connectivity index (χ0) is 25.6. The molecule has 2 aliphatic rings. The Morgan fingerprint density at radius 2 is 1.92 bits per heavy atom. The van der Waals surface area contributed by atoms with Crippen molar-refractivity contribution >= 4 is 39.9 Å². The lowest BCUT2D eigenvalue weighted by atomic mass is 10.1. The van der Waals surface area contributed by atoms with Crippen LogP contribution in [0.5, 0.6) is 5.75 Å². The van der Waals surface area contributed by atoms with Gasteiger partial charge >= 0.3 is 5.97 Å². The number of halogens is 2. The smallest absolute Gasteiger partial charge is 0.341 e. The Kier molecular flexibility index (Phi) is 6.31. The summed E-state index contributed by atoms with van der Waals surface area (Å²) in [7, 11) is 0. The number of piperazine rings is 1.